The van der Waals surface area contributed by atoms with Gasteiger partial charge in [-0.3, -0.25) is 10.1 Å². The van der Waals surface area contributed by atoms with Gasteiger partial charge in [-0.05, 0) is 34.7 Å². The van der Waals surface area contributed by atoms with Crippen LogP contribution in [0.15, 0.2) is 10.7 Å². The van der Waals surface area contributed by atoms with Crippen molar-refractivity contribution in [2.24, 2.45) is 5.41 Å². The summed E-state index contributed by atoms with van der Waals surface area (Å²) in [4.78, 5) is 14.3. The number of aliphatic hydroxyl groups excluding tert-OH is 1. The molecule has 7 heteroatoms. The molecule has 0 radical (unpaired) electrons. The summed E-state index contributed by atoms with van der Waals surface area (Å²) in [6.07, 6.45) is 1.38. The highest BCUT2D eigenvalue weighted by Crippen LogP contribution is 2.30. The Kier molecular flexibility index (Phi) is 5.47. The van der Waals surface area contributed by atoms with Crippen molar-refractivity contribution in [2.75, 3.05) is 11.9 Å². The van der Waals surface area contributed by atoms with E-state index in [4.69, 9.17) is 0 Å². The van der Waals surface area contributed by atoms with Crippen LogP contribution in [0.3, 0.4) is 0 Å². The van der Waals surface area contributed by atoms with Gasteiger partial charge in [0.15, 0.2) is 0 Å². The predicted molar refractivity (Wildman–Crippen MR) is 81.9 cm³/mol. The van der Waals surface area contributed by atoms with Crippen molar-refractivity contribution < 1.29 is 10.0 Å². The van der Waals surface area contributed by atoms with Gasteiger partial charge < -0.3 is 10.4 Å². The number of aromatic nitrogens is 1. The molecule has 112 valence electrons. The molecular formula is C13H20BrN3O3. The van der Waals surface area contributed by atoms with Gasteiger partial charge in [0, 0.05) is 12.1 Å². The molecule has 0 saturated carbocycles. The Labute approximate surface area is 126 Å². The molecule has 1 heterocycles. The fraction of sp³-hybridized carbons (Fsp3) is 0.615. The third-order valence-electron chi connectivity index (χ3n) is 2.79. The Morgan fingerprint density at radius 1 is 1.55 bits per heavy atom. The summed E-state index contributed by atoms with van der Waals surface area (Å²) in [5.41, 5.74) is 0.521. The molecular weight excluding hydrogens is 326 g/mol. The molecule has 1 unspecified atom stereocenters. The van der Waals surface area contributed by atoms with Gasteiger partial charge in [-0.25, -0.2) is 4.98 Å². The second-order valence-electron chi connectivity index (χ2n) is 5.99. The zero-order valence-corrected chi connectivity index (χ0v) is 13.7. The van der Waals surface area contributed by atoms with Crippen LogP contribution in [0, 0.1) is 22.5 Å². The van der Waals surface area contributed by atoms with Crippen LogP contribution in [-0.2, 0) is 0 Å². The van der Waals surface area contributed by atoms with E-state index >= 15 is 0 Å². The third-order valence-corrected chi connectivity index (χ3v) is 3.76. The lowest BCUT2D eigenvalue weighted by Crippen LogP contribution is -2.25. The first-order valence-corrected chi connectivity index (χ1v) is 7.12. The quantitative estimate of drug-likeness (QED) is 0.631. The normalized spacial score (nSPS) is 13.1. The van der Waals surface area contributed by atoms with Gasteiger partial charge in [0.25, 0.3) is 5.69 Å². The molecule has 1 atom stereocenters. The maximum Gasteiger partial charge on any atom is 0.291 e. The predicted octanol–water partition coefficient (Wildman–Crippen LogP) is 3.27. The zero-order valence-electron chi connectivity index (χ0n) is 12.1. The second kappa shape index (κ2) is 6.49. The van der Waals surface area contributed by atoms with E-state index in [1.807, 2.05) is 0 Å². The van der Waals surface area contributed by atoms with Crippen molar-refractivity contribution in [3.8, 4) is 0 Å². The molecule has 0 aliphatic heterocycles. The van der Waals surface area contributed by atoms with E-state index in [0.717, 1.165) is 0 Å². The summed E-state index contributed by atoms with van der Waals surface area (Å²) in [5, 5.41) is 23.7. The number of hydrogen-bond donors (Lipinski definition) is 2. The third kappa shape index (κ3) is 4.72. The summed E-state index contributed by atoms with van der Waals surface area (Å²) in [5.74, 6) is 0.501. The monoisotopic (exact) mass is 345 g/mol. The minimum Gasteiger partial charge on any atom is -0.391 e. The SMILES string of the molecule is Cc1c([N+](=O)[O-])cnc(NCC(O)CC(C)(C)C)c1Br. The minimum absolute atomic E-state index is 0.0299. The van der Waals surface area contributed by atoms with Crippen LogP contribution in [0.4, 0.5) is 11.5 Å². The van der Waals surface area contributed by atoms with Crippen LogP contribution in [0.2, 0.25) is 0 Å². The van der Waals surface area contributed by atoms with Crippen LogP contribution in [-0.4, -0.2) is 27.7 Å². The molecule has 0 bridgehead atoms. The summed E-state index contributed by atoms with van der Waals surface area (Å²) in [7, 11) is 0. The lowest BCUT2D eigenvalue weighted by Gasteiger charge is -2.22. The van der Waals surface area contributed by atoms with Crippen molar-refractivity contribution in [1.82, 2.24) is 4.98 Å². The van der Waals surface area contributed by atoms with Crippen LogP contribution in [0.25, 0.3) is 0 Å². The van der Waals surface area contributed by atoms with Crippen molar-refractivity contribution in [3.05, 3.63) is 26.3 Å². The van der Waals surface area contributed by atoms with E-state index < -0.39 is 11.0 Å². The van der Waals surface area contributed by atoms with Crippen molar-refractivity contribution in [2.45, 2.75) is 40.2 Å². The molecule has 6 nitrogen and oxygen atoms in total. The van der Waals surface area contributed by atoms with Crippen LogP contribution in [0.1, 0.15) is 32.8 Å². The van der Waals surface area contributed by atoms with E-state index in [2.05, 4.69) is 47.0 Å². The number of aliphatic hydroxyl groups is 1. The molecule has 1 rings (SSSR count). The fourth-order valence-corrected chi connectivity index (χ4v) is 2.32. The Balaban J connectivity index is 2.75. The van der Waals surface area contributed by atoms with Gasteiger partial charge >= 0.3 is 0 Å². The summed E-state index contributed by atoms with van der Waals surface area (Å²) in [6, 6.07) is 0. The highest BCUT2D eigenvalue weighted by atomic mass is 79.9. The molecule has 1 aromatic heterocycles. The molecule has 0 amide bonds. The average molecular weight is 346 g/mol. The summed E-state index contributed by atoms with van der Waals surface area (Å²) in [6.45, 7) is 8.17. The van der Waals surface area contributed by atoms with Crippen molar-refractivity contribution in [1.29, 1.82) is 0 Å². The number of anilines is 1. The van der Waals surface area contributed by atoms with E-state index in [1.165, 1.54) is 6.20 Å². The van der Waals surface area contributed by atoms with Gasteiger partial charge in [-0.1, -0.05) is 20.8 Å². The Morgan fingerprint density at radius 3 is 2.65 bits per heavy atom. The number of nitrogens with zero attached hydrogens (tertiary/aromatic N) is 2. The molecule has 20 heavy (non-hydrogen) atoms. The minimum atomic E-state index is -0.501. The first kappa shape index (κ1) is 16.8. The molecule has 0 spiro atoms. The fourth-order valence-electron chi connectivity index (χ4n) is 1.87. The number of hydrogen-bond acceptors (Lipinski definition) is 5. The van der Waals surface area contributed by atoms with Crippen LogP contribution in [0.5, 0.6) is 0 Å². The van der Waals surface area contributed by atoms with Crippen molar-refractivity contribution in [3.63, 3.8) is 0 Å². The summed E-state index contributed by atoms with van der Waals surface area (Å²) < 4.78 is 0.551. The topological polar surface area (TPSA) is 88.3 Å². The number of halogens is 1. The van der Waals surface area contributed by atoms with Gasteiger partial charge in [-0.2, -0.15) is 0 Å². The summed E-state index contributed by atoms with van der Waals surface area (Å²) >= 11 is 3.30. The van der Waals surface area contributed by atoms with Gasteiger partial charge in [0.1, 0.15) is 12.0 Å². The second-order valence-corrected chi connectivity index (χ2v) is 6.78. The number of nitro groups is 1. The average Bonchev–Trinajstić information content (AvgIpc) is 2.28. The lowest BCUT2D eigenvalue weighted by molar-refractivity contribution is -0.385. The largest absolute Gasteiger partial charge is 0.391 e. The molecule has 0 aromatic carbocycles. The van der Waals surface area contributed by atoms with Gasteiger partial charge in [0.05, 0.1) is 15.5 Å². The molecule has 0 aliphatic rings. The van der Waals surface area contributed by atoms with Gasteiger partial charge in [-0.15, -0.1) is 0 Å². The van der Waals surface area contributed by atoms with Crippen LogP contribution >= 0.6 is 15.9 Å². The Bertz CT molecular complexity index is 500. The standard InChI is InChI=1S/C13H20BrN3O3/c1-8-10(17(19)20)7-16-12(11(8)14)15-6-9(18)5-13(2,3)4/h7,9,18H,5-6H2,1-4H3,(H,15,16). The van der Waals surface area contributed by atoms with E-state index in [-0.39, 0.29) is 11.1 Å². The number of pyridine rings is 1. The molecule has 0 fully saturated rings. The van der Waals surface area contributed by atoms with E-state index in [1.54, 1.807) is 6.92 Å². The van der Waals surface area contributed by atoms with E-state index in [0.29, 0.717) is 28.8 Å². The first-order chi connectivity index (χ1) is 9.11. The highest BCUT2D eigenvalue weighted by Gasteiger charge is 2.19. The Morgan fingerprint density at radius 2 is 2.15 bits per heavy atom. The maximum atomic E-state index is 10.8. The zero-order chi connectivity index (χ0) is 15.5. The number of nitrogens with one attached hydrogen (secondary N) is 1. The smallest absolute Gasteiger partial charge is 0.291 e. The first-order valence-electron chi connectivity index (χ1n) is 6.33. The van der Waals surface area contributed by atoms with E-state index in [9.17, 15) is 15.2 Å². The molecule has 0 saturated heterocycles. The van der Waals surface area contributed by atoms with Crippen molar-refractivity contribution >= 4 is 27.4 Å². The number of rotatable bonds is 5. The molecule has 0 aliphatic carbocycles. The molecule has 1 aromatic rings. The van der Waals surface area contributed by atoms with Gasteiger partial charge in [0.2, 0.25) is 0 Å². The van der Waals surface area contributed by atoms with Crippen LogP contribution < -0.4 is 5.32 Å². The lowest BCUT2D eigenvalue weighted by atomic mass is 9.89. The maximum absolute atomic E-state index is 10.8. The highest BCUT2D eigenvalue weighted by molar-refractivity contribution is 9.10. The molecule has 2 N–H and O–H groups in total. The Hall–Kier alpha value is -1.21.